The first kappa shape index (κ1) is 16.6. The van der Waals surface area contributed by atoms with Gasteiger partial charge in [-0.15, -0.1) is 0 Å². The van der Waals surface area contributed by atoms with Gasteiger partial charge in [0.05, 0.1) is 7.11 Å². The molecule has 0 bridgehead atoms. The van der Waals surface area contributed by atoms with E-state index in [9.17, 15) is 14.4 Å². The number of amides is 3. The van der Waals surface area contributed by atoms with Crippen LogP contribution in [0, 0.1) is 0 Å². The monoisotopic (exact) mass is 293 g/mol. The average molecular weight is 293 g/mol. The van der Waals surface area contributed by atoms with E-state index < -0.39 is 17.7 Å². The second-order valence-electron chi connectivity index (χ2n) is 4.30. The van der Waals surface area contributed by atoms with Crippen molar-refractivity contribution in [1.82, 2.24) is 10.2 Å². The number of hydrogen-bond acceptors (Lipinski definition) is 5. The molecule has 0 aliphatic carbocycles. The van der Waals surface area contributed by atoms with Gasteiger partial charge < -0.3 is 15.8 Å². The van der Waals surface area contributed by atoms with E-state index in [0.717, 1.165) is 10.5 Å². The zero-order valence-electron chi connectivity index (χ0n) is 12.1. The van der Waals surface area contributed by atoms with Crippen LogP contribution in [0.25, 0.3) is 0 Å². The van der Waals surface area contributed by atoms with Crippen molar-refractivity contribution in [3.8, 4) is 5.75 Å². The summed E-state index contributed by atoms with van der Waals surface area (Å²) in [5, 5.41) is 2.47. The minimum absolute atomic E-state index is 0.0180. The van der Waals surface area contributed by atoms with Gasteiger partial charge in [-0.1, -0.05) is 12.1 Å². The second kappa shape index (κ2) is 8.01. The van der Waals surface area contributed by atoms with Gasteiger partial charge in [-0.25, -0.2) is 0 Å². The summed E-state index contributed by atoms with van der Waals surface area (Å²) in [6.45, 7) is 1.52. The minimum Gasteiger partial charge on any atom is -0.497 e. The molecule has 0 spiro atoms. The van der Waals surface area contributed by atoms with Crippen LogP contribution in [0.5, 0.6) is 5.75 Å². The van der Waals surface area contributed by atoms with E-state index in [2.05, 4.69) is 5.32 Å². The summed E-state index contributed by atoms with van der Waals surface area (Å²) in [4.78, 5) is 35.7. The maximum Gasteiger partial charge on any atom is 0.318 e. The smallest absolute Gasteiger partial charge is 0.318 e. The minimum atomic E-state index is -0.901. The fourth-order valence-electron chi connectivity index (χ4n) is 1.66. The fourth-order valence-corrected chi connectivity index (χ4v) is 1.66. The number of methoxy groups -OCH3 is 1. The predicted octanol–water partition coefficient (Wildman–Crippen LogP) is -0.355. The van der Waals surface area contributed by atoms with Crippen LogP contribution in [0.4, 0.5) is 0 Å². The molecule has 0 unspecified atom stereocenters. The van der Waals surface area contributed by atoms with E-state index in [1.807, 2.05) is 0 Å². The first-order chi connectivity index (χ1) is 9.99. The number of benzene rings is 1. The van der Waals surface area contributed by atoms with Crippen molar-refractivity contribution in [1.29, 1.82) is 0 Å². The summed E-state index contributed by atoms with van der Waals surface area (Å²) in [6, 6.07) is 7.04. The van der Waals surface area contributed by atoms with Crippen molar-refractivity contribution in [2.24, 2.45) is 5.73 Å². The SMILES string of the molecule is COc1ccc(CNC(=O)C(=O)N(CCN)C(C)=O)cc1. The molecule has 0 heterocycles. The molecule has 3 amide bonds. The third kappa shape index (κ3) is 4.88. The van der Waals surface area contributed by atoms with Crippen LogP contribution >= 0.6 is 0 Å². The Morgan fingerprint density at radius 1 is 1.24 bits per heavy atom. The summed E-state index contributed by atoms with van der Waals surface area (Å²) in [6.07, 6.45) is 0. The lowest BCUT2D eigenvalue weighted by Gasteiger charge is -2.17. The van der Waals surface area contributed by atoms with Gasteiger partial charge in [0.2, 0.25) is 5.91 Å². The molecule has 7 nitrogen and oxygen atoms in total. The Bertz CT molecular complexity index is 513. The normalized spacial score (nSPS) is 9.86. The molecule has 0 fully saturated rings. The molecule has 21 heavy (non-hydrogen) atoms. The molecule has 0 atom stereocenters. The van der Waals surface area contributed by atoms with E-state index in [1.54, 1.807) is 31.4 Å². The number of hydrogen-bond donors (Lipinski definition) is 2. The molecule has 0 radical (unpaired) electrons. The highest BCUT2D eigenvalue weighted by Crippen LogP contribution is 2.10. The predicted molar refractivity (Wildman–Crippen MR) is 76.3 cm³/mol. The topological polar surface area (TPSA) is 102 Å². The van der Waals surface area contributed by atoms with E-state index in [4.69, 9.17) is 10.5 Å². The summed E-state index contributed by atoms with van der Waals surface area (Å²) in [5.74, 6) is -1.55. The average Bonchev–Trinajstić information content (AvgIpc) is 2.49. The van der Waals surface area contributed by atoms with Crippen molar-refractivity contribution < 1.29 is 19.1 Å². The number of nitrogens with one attached hydrogen (secondary N) is 1. The van der Waals surface area contributed by atoms with Crippen LogP contribution in [0.15, 0.2) is 24.3 Å². The first-order valence-corrected chi connectivity index (χ1v) is 6.42. The van der Waals surface area contributed by atoms with Gasteiger partial charge >= 0.3 is 11.8 Å². The number of carbonyl (C=O) groups is 3. The molecular weight excluding hydrogens is 274 g/mol. The largest absolute Gasteiger partial charge is 0.497 e. The Hall–Kier alpha value is -2.41. The second-order valence-corrected chi connectivity index (χ2v) is 4.30. The Balaban J connectivity index is 2.59. The molecule has 3 N–H and O–H groups in total. The van der Waals surface area contributed by atoms with E-state index >= 15 is 0 Å². The van der Waals surface area contributed by atoms with Crippen LogP contribution in [0.3, 0.4) is 0 Å². The molecular formula is C14H19N3O4. The van der Waals surface area contributed by atoms with Crippen molar-refractivity contribution in [3.05, 3.63) is 29.8 Å². The molecule has 0 aliphatic heterocycles. The molecule has 1 aromatic carbocycles. The highest BCUT2D eigenvalue weighted by molar-refractivity contribution is 6.37. The molecule has 0 aromatic heterocycles. The third-order valence-corrected chi connectivity index (χ3v) is 2.78. The van der Waals surface area contributed by atoms with E-state index in [1.165, 1.54) is 6.92 Å². The number of nitrogens with zero attached hydrogens (tertiary/aromatic N) is 1. The third-order valence-electron chi connectivity index (χ3n) is 2.78. The number of carbonyl (C=O) groups excluding carboxylic acids is 3. The zero-order valence-corrected chi connectivity index (χ0v) is 12.1. The Labute approximate surface area is 123 Å². The number of imide groups is 1. The van der Waals surface area contributed by atoms with Crippen LogP contribution in [-0.2, 0) is 20.9 Å². The standard InChI is InChI=1S/C14H19N3O4/c1-10(18)17(8-7-15)14(20)13(19)16-9-11-3-5-12(21-2)6-4-11/h3-6H,7-9,15H2,1-2H3,(H,16,19). The fraction of sp³-hybridized carbons (Fsp3) is 0.357. The molecule has 7 heteroatoms. The van der Waals surface area contributed by atoms with Crippen LogP contribution in [-0.4, -0.2) is 42.8 Å². The Morgan fingerprint density at radius 2 is 1.86 bits per heavy atom. The van der Waals surface area contributed by atoms with Crippen molar-refractivity contribution in [3.63, 3.8) is 0 Å². The molecule has 0 aliphatic rings. The van der Waals surface area contributed by atoms with Crippen LogP contribution in [0.1, 0.15) is 12.5 Å². The van der Waals surface area contributed by atoms with Crippen molar-refractivity contribution in [2.45, 2.75) is 13.5 Å². The van der Waals surface area contributed by atoms with Gasteiger partial charge in [-0.05, 0) is 17.7 Å². The maximum absolute atomic E-state index is 11.8. The quantitative estimate of drug-likeness (QED) is 0.722. The van der Waals surface area contributed by atoms with Gasteiger partial charge in [0, 0.05) is 26.6 Å². The lowest BCUT2D eigenvalue weighted by atomic mass is 10.2. The summed E-state index contributed by atoms with van der Waals surface area (Å²) >= 11 is 0. The summed E-state index contributed by atoms with van der Waals surface area (Å²) in [5.41, 5.74) is 6.12. The summed E-state index contributed by atoms with van der Waals surface area (Å²) in [7, 11) is 1.56. The van der Waals surface area contributed by atoms with E-state index in [0.29, 0.717) is 5.75 Å². The van der Waals surface area contributed by atoms with Gasteiger partial charge in [0.1, 0.15) is 5.75 Å². The van der Waals surface area contributed by atoms with Crippen LogP contribution < -0.4 is 15.8 Å². The number of nitrogens with two attached hydrogens (primary N) is 1. The highest BCUT2D eigenvalue weighted by atomic mass is 16.5. The number of ether oxygens (including phenoxy) is 1. The van der Waals surface area contributed by atoms with Gasteiger partial charge in [-0.2, -0.15) is 0 Å². The molecule has 114 valence electrons. The molecule has 1 aromatic rings. The Kier molecular flexibility index (Phi) is 6.35. The van der Waals surface area contributed by atoms with Gasteiger partial charge in [0.25, 0.3) is 0 Å². The van der Waals surface area contributed by atoms with Crippen molar-refractivity contribution >= 4 is 17.7 Å². The lowest BCUT2D eigenvalue weighted by molar-refractivity contribution is -0.151. The first-order valence-electron chi connectivity index (χ1n) is 6.42. The molecule has 0 saturated carbocycles. The maximum atomic E-state index is 11.8. The number of rotatable bonds is 5. The van der Waals surface area contributed by atoms with Gasteiger partial charge in [-0.3, -0.25) is 19.3 Å². The molecule has 1 rings (SSSR count). The van der Waals surface area contributed by atoms with Crippen LogP contribution in [0.2, 0.25) is 0 Å². The summed E-state index contributed by atoms with van der Waals surface area (Å²) < 4.78 is 5.02. The molecule has 0 saturated heterocycles. The highest BCUT2D eigenvalue weighted by Gasteiger charge is 2.24. The van der Waals surface area contributed by atoms with Crippen molar-refractivity contribution in [2.75, 3.05) is 20.2 Å². The Morgan fingerprint density at radius 3 is 2.33 bits per heavy atom. The lowest BCUT2D eigenvalue weighted by Crippen LogP contribution is -2.46. The van der Waals surface area contributed by atoms with Gasteiger partial charge in [0.15, 0.2) is 0 Å². The van der Waals surface area contributed by atoms with E-state index in [-0.39, 0.29) is 19.6 Å². The zero-order chi connectivity index (χ0) is 15.8.